The average Bonchev–Trinajstić information content (AvgIpc) is 3.37. The maximum absolute atomic E-state index is 12.0. The average molecular weight is 531 g/mol. The lowest BCUT2D eigenvalue weighted by molar-refractivity contribution is -0.384. The fraction of sp³-hybridized carbons (Fsp3) is 0.296. The van der Waals surface area contributed by atoms with E-state index in [-0.39, 0.29) is 11.6 Å². The molecule has 0 saturated carbocycles. The number of morpholine rings is 1. The molecule has 202 valence electrons. The number of hydrogen-bond donors (Lipinski definition) is 1. The first kappa shape index (κ1) is 26.1. The first-order chi connectivity index (χ1) is 18.9. The summed E-state index contributed by atoms with van der Waals surface area (Å²) in [5.74, 6) is 0.709. The van der Waals surface area contributed by atoms with E-state index in [1.54, 1.807) is 18.3 Å². The van der Waals surface area contributed by atoms with Crippen LogP contribution in [-0.2, 0) is 11.3 Å². The van der Waals surface area contributed by atoms with Crippen LogP contribution in [0.1, 0.15) is 5.69 Å². The fourth-order valence-electron chi connectivity index (χ4n) is 4.48. The number of hydrogen-bond acceptors (Lipinski definition) is 10. The van der Waals surface area contributed by atoms with Gasteiger partial charge in [-0.1, -0.05) is 18.2 Å². The Kier molecular flexibility index (Phi) is 7.66. The first-order valence-electron chi connectivity index (χ1n) is 12.5. The molecule has 0 amide bonds. The summed E-state index contributed by atoms with van der Waals surface area (Å²) < 4.78 is 12.9. The minimum atomic E-state index is -0.394. The second-order valence-electron chi connectivity index (χ2n) is 9.29. The molecule has 5 rings (SSSR count). The quantitative estimate of drug-likeness (QED) is 0.252. The Morgan fingerprint density at radius 1 is 1.10 bits per heavy atom. The number of aromatic nitrogens is 4. The summed E-state index contributed by atoms with van der Waals surface area (Å²) >= 11 is 0. The summed E-state index contributed by atoms with van der Waals surface area (Å²) in [6, 6.07) is 16.8. The molecule has 0 radical (unpaired) electrons. The van der Waals surface area contributed by atoms with E-state index in [9.17, 15) is 10.1 Å². The van der Waals surface area contributed by atoms with Crippen molar-refractivity contribution in [1.82, 2.24) is 24.6 Å². The molecule has 0 unspecified atom stereocenters. The van der Waals surface area contributed by atoms with Crippen molar-refractivity contribution in [3.8, 4) is 22.8 Å². The molecular weight excluding hydrogens is 500 g/mol. The SMILES string of the molecule is COc1cc(N2CCOCC2)c([N+](=O)[O-])cc1Nc1nccc(-c2cc(CN(C)C)n(-c3ccccc3)n2)n1. The number of benzene rings is 2. The summed E-state index contributed by atoms with van der Waals surface area (Å²) in [4.78, 5) is 24.6. The Morgan fingerprint density at radius 2 is 1.87 bits per heavy atom. The van der Waals surface area contributed by atoms with Crippen molar-refractivity contribution >= 4 is 23.0 Å². The molecule has 12 nitrogen and oxygen atoms in total. The van der Waals surface area contributed by atoms with Crippen molar-refractivity contribution in [1.29, 1.82) is 0 Å². The molecule has 12 heteroatoms. The van der Waals surface area contributed by atoms with Crippen LogP contribution in [0.25, 0.3) is 17.1 Å². The van der Waals surface area contributed by atoms with Gasteiger partial charge >= 0.3 is 0 Å². The minimum absolute atomic E-state index is 0.0358. The summed E-state index contributed by atoms with van der Waals surface area (Å²) in [6.07, 6.45) is 1.63. The minimum Gasteiger partial charge on any atom is -0.494 e. The van der Waals surface area contributed by atoms with Gasteiger partial charge in [0.25, 0.3) is 5.69 Å². The van der Waals surface area contributed by atoms with Gasteiger partial charge in [0.2, 0.25) is 5.95 Å². The molecule has 0 spiro atoms. The van der Waals surface area contributed by atoms with Crippen molar-refractivity contribution in [2.75, 3.05) is 57.7 Å². The number of anilines is 3. The lowest BCUT2D eigenvalue weighted by atomic mass is 10.2. The van der Waals surface area contributed by atoms with E-state index in [2.05, 4.69) is 20.2 Å². The zero-order valence-electron chi connectivity index (χ0n) is 22.1. The van der Waals surface area contributed by atoms with E-state index in [4.69, 9.17) is 14.6 Å². The van der Waals surface area contributed by atoms with Crippen molar-refractivity contribution in [2.24, 2.45) is 0 Å². The Labute approximate surface area is 226 Å². The summed E-state index contributed by atoms with van der Waals surface area (Å²) in [7, 11) is 5.53. The van der Waals surface area contributed by atoms with Crippen molar-refractivity contribution < 1.29 is 14.4 Å². The molecule has 4 aromatic rings. The molecule has 1 aliphatic heterocycles. The third-order valence-electron chi connectivity index (χ3n) is 6.27. The van der Waals surface area contributed by atoms with Crippen LogP contribution >= 0.6 is 0 Å². The van der Waals surface area contributed by atoms with Crippen LogP contribution in [0.3, 0.4) is 0 Å². The predicted molar refractivity (Wildman–Crippen MR) is 148 cm³/mol. The van der Waals surface area contributed by atoms with Crippen LogP contribution < -0.4 is 15.0 Å². The molecule has 0 atom stereocenters. The summed E-state index contributed by atoms with van der Waals surface area (Å²) in [6.45, 7) is 2.84. The van der Waals surface area contributed by atoms with E-state index < -0.39 is 4.92 Å². The maximum atomic E-state index is 12.0. The van der Waals surface area contributed by atoms with E-state index in [0.29, 0.717) is 61.4 Å². The van der Waals surface area contributed by atoms with Gasteiger partial charge in [-0.25, -0.2) is 14.6 Å². The third kappa shape index (κ3) is 5.81. The van der Waals surface area contributed by atoms with Gasteiger partial charge in [0.05, 0.1) is 48.0 Å². The molecular formula is C27H30N8O4. The predicted octanol–water partition coefficient (Wildman–Crippen LogP) is 3.89. The topological polar surface area (TPSA) is 124 Å². The van der Waals surface area contributed by atoms with Crippen molar-refractivity contribution in [3.05, 3.63) is 76.6 Å². The molecule has 0 bridgehead atoms. The summed E-state index contributed by atoms with van der Waals surface area (Å²) in [5, 5.41) is 19.9. The van der Waals surface area contributed by atoms with Gasteiger partial charge in [-0.05, 0) is 38.4 Å². The molecule has 1 saturated heterocycles. The van der Waals surface area contributed by atoms with Gasteiger partial charge < -0.3 is 24.6 Å². The number of para-hydroxylation sites is 1. The maximum Gasteiger partial charge on any atom is 0.294 e. The molecule has 1 fully saturated rings. The highest BCUT2D eigenvalue weighted by Crippen LogP contribution is 2.39. The zero-order valence-corrected chi connectivity index (χ0v) is 22.1. The van der Waals surface area contributed by atoms with Crippen LogP contribution in [0.2, 0.25) is 0 Å². The number of rotatable bonds is 9. The van der Waals surface area contributed by atoms with Gasteiger partial charge in [0, 0.05) is 38.0 Å². The van der Waals surface area contributed by atoms with Gasteiger partial charge in [0.1, 0.15) is 17.1 Å². The highest BCUT2D eigenvalue weighted by atomic mass is 16.6. The van der Waals surface area contributed by atoms with Crippen LogP contribution in [0.15, 0.2) is 60.8 Å². The number of methoxy groups -OCH3 is 1. The lowest BCUT2D eigenvalue weighted by Gasteiger charge is -2.29. The van der Waals surface area contributed by atoms with Crippen molar-refractivity contribution in [2.45, 2.75) is 6.54 Å². The Morgan fingerprint density at radius 3 is 2.56 bits per heavy atom. The number of ether oxygens (including phenoxy) is 2. The molecule has 3 heterocycles. The molecule has 1 N–H and O–H groups in total. The molecule has 2 aromatic heterocycles. The number of nitrogens with one attached hydrogen (secondary N) is 1. The normalized spacial score (nSPS) is 13.5. The van der Waals surface area contributed by atoms with Gasteiger partial charge in [-0.2, -0.15) is 5.10 Å². The Hall–Kier alpha value is -4.55. The number of nitrogens with zero attached hydrogens (tertiary/aromatic N) is 7. The largest absolute Gasteiger partial charge is 0.494 e. The van der Waals surface area contributed by atoms with Gasteiger partial charge in [-0.15, -0.1) is 0 Å². The van der Waals surface area contributed by atoms with Crippen LogP contribution in [0.4, 0.5) is 23.0 Å². The number of nitro groups is 1. The van der Waals surface area contributed by atoms with Crippen LogP contribution in [0, 0.1) is 10.1 Å². The number of nitro benzene ring substituents is 1. The van der Waals surface area contributed by atoms with Gasteiger partial charge in [0.15, 0.2) is 0 Å². The lowest BCUT2D eigenvalue weighted by Crippen LogP contribution is -2.36. The van der Waals surface area contributed by atoms with E-state index in [1.165, 1.54) is 13.2 Å². The zero-order chi connectivity index (χ0) is 27.4. The van der Waals surface area contributed by atoms with Gasteiger partial charge in [-0.3, -0.25) is 10.1 Å². The molecule has 0 aliphatic carbocycles. The molecule has 2 aromatic carbocycles. The van der Waals surface area contributed by atoms with E-state index >= 15 is 0 Å². The smallest absolute Gasteiger partial charge is 0.294 e. The summed E-state index contributed by atoms with van der Waals surface area (Å²) in [5.41, 5.74) is 4.09. The van der Waals surface area contributed by atoms with Crippen molar-refractivity contribution in [3.63, 3.8) is 0 Å². The second-order valence-corrected chi connectivity index (χ2v) is 9.29. The second kappa shape index (κ2) is 11.5. The molecule has 39 heavy (non-hydrogen) atoms. The monoisotopic (exact) mass is 530 g/mol. The first-order valence-corrected chi connectivity index (χ1v) is 12.5. The molecule has 1 aliphatic rings. The van der Waals surface area contributed by atoms with Crippen LogP contribution in [-0.4, -0.2) is 77.1 Å². The fourth-order valence-corrected chi connectivity index (χ4v) is 4.48. The Bertz CT molecular complexity index is 1450. The highest BCUT2D eigenvalue weighted by Gasteiger charge is 2.25. The van der Waals surface area contributed by atoms with Crippen LogP contribution in [0.5, 0.6) is 5.75 Å². The highest BCUT2D eigenvalue weighted by molar-refractivity contribution is 5.77. The third-order valence-corrected chi connectivity index (χ3v) is 6.27. The standard InChI is InChI=1S/C27H30N8O4/c1-32(2)18-20-15-22(31-34(20)19-7-5-4-6-8-19)21-9-10-28-27(29-21)30-23-16-25(35(36)37)24(17-26(23)38-3)33-11-13-39-14-12-33/h4-10,15-17H,11-14,18H2,1-3H3,(H,28,29,30). The van der Waals surface area contributed by atoms with E-state index in [1.807, 2.05) is 60.1 Å². The Balaban J connectivity index is 1.48. The van der Waals surface area contributed by atoms with E-state index in [0.717, 1.165) is 11.4 Å².